The fraction of sp³-hybridized carbons (Fsp3) is 0.190. The van der Waals surface area contributed by atoms with Crippen molar-refractivity contribution < 1.29 is 4.79 Å². The van der Waals surface area contributed by atoms with Gasteiger partial charge in [0.25, 0.3) is 5.91 Å². The number of halogens is 1. The highest BCUT2D eigenvalue weighted by atomic mass is 35.5. The van der Waals surface area contributed by atoms with Crippen LogP contribution in [0.1, 0.15) is 21.7 Å². The SMILES string of the molecule is Cn1c(C(=O)N2CCc3[nH]c4ccccc4c3C2)c(Cl)c2ccccc21. The first-order valence-electron chi connectivity index (χ1n) is 8.76. The molecule has 0 fully saturated rings. The van der Waals surface area contributed by atoms with Crippen molar-refractivity contribution in [2.24, 2.45) is 7.05 Å². The van der Waals surface area contributed by atoms with Gasteiger partial charge in [0, 0.05) is 59.6 Å². The number of amides is 1. The molecule has 130 valence electrons. The molecule has 0 saturated heterocycles. The third-order valence-corrected chi connectivity index (χ3v) is 5.80. The number of para-hydroxylation sites is 2. The van der Waals surface area contributed by atoms with Crippen LogP contribution in [0, 0.1) is 0 Å². The van der Waals surface area contributed by atoms with Crippen LogP contribution in [0.4, 0.5) is 0 Å². The third-order valence-electron chi connectivity index (χ3n) is 5.42. The normalized spacial score (nSPS) is 14.2. The molecular weight excluding hydrogens is 346 g/mol. The lowest BCUT2D eigenvalue weighted by molar-refractivity contribution is 0.0726. The molecule has 1 amide bonds. The summed E-state index contributed by atoms with van der Waals surface area (Å²) in [6, 6.07) is 16.1. The van der Waals surface area contributed by atoms with Crippen molar-refractivity contribution in [2.75, 3.05) is 6.54 Å². The molecule has 0 atom stereocenters. The summed E-state index contributed by atoms with van der Waals surface area (Å²) in [6.45, 7) is 1.30. The monoisotopic (exact) mass is 363 g/mol. The second-order valence-electron chi connectivity index (χ2n) is 6.84. The highest BCUT2D eigenvalue weighted by Gasteiger charge is 2.28. The number of hydrogen-bond acceptors (Lipinski definition) is 1. The Balaban J connectivity index is 1.56. The Labute approximate surface area is 156 Å². The fourth-order valence-corrected chi connectivity index (χ4v) is 4.44. The maximum absolute atomic E-state index is 13.3. The van der Waals surface area contributed by atoms with Crippen LogP contribution in [0.2, 0.25) is 5.02 Å². The second-order valence-corrected chi connectivity index (χ2v) is 7.22. The predicted octanol–water partition coefficient (Wildman–Crippen LogP) is 4.51. The number of carbonyl (C=O) groups excluding carboxylic acids is 1. The van der Waals surface area contributed by atoms with Crippen molar-refractivity contribution in [2.45, 2.75) is 13.0 Å². The number of aryl methyl sites for hydroxylation is 1. The van der Waals surface area contributed by atoms with Gasteiger partial charge in [0.2, 0.25) is 0 Å². The number of aromatic nitrogens is 2. The summed E-state index contributed by atoms with van der Waals surface area (Å²) in [5.74, 6) is -0.00960. The van der Waals surface area contributed by atoms with Crippen LogP contribution in [0.5, 0.6) is 0 Å². The van der Waals surface area contributed by atoms with E-state index in [1.807, 2.05) is 52.9 Å². The molecule has 5 heteroatoms. The molecule has 1 N–H and O–H groups in total. The Hall–Kier alpha value is -2.72. The number of aromatic amines is 1. The number of carbonyl (C=O) groups is 1. The Morgan fingerprint density at radius 1 is 1.08 bits per heavy atom. The maximum Gasteiger partial charge on any atom is 0.272 e. The minimum atomic E-state index is -0.00960. The molecule has 26 heavy (non-hydrogen) atoms. The van der Waals surface area contributed by atoms with Gasteiger partial charge >= 0.3 is 0 Å². The van der Waals surface area contributed by atoms with Crippen LogP contribution in [-0.4, -0.2) is 26.9 Å². The number of hydrogen-bond donors (Lipinski definition) is 1. The molecule has 3 heterocycles. The van der Waals surface area contributed by atoms with Crippen molar-refractivity contribution in [3.05, 3.63) is 70.5 Å². The van der Waals surface area contributed by atoms with E-state index in [2.05, 4.69) is 17.1 Å². The summed E-state index contributed by atoms with van der Waals surface area (Å²) in [4.78, 5) is 18.7. The second kappa shape index (κ2) is 5.64. The van der Waals surface area contributed by atoms with E-state index in [0.29, 0.717) is 23.8 Å². The molecule has 5 rings (SSSR count). The quantitative estimate of drug-likeness (QED) is 0.531. The lowest BCUT2D eigenvalue weighted by atomic mass is 10.0. The highest BCUT2D eigenvalue weighted by molar-refractivity contribution is 6.38. The molecule has 2 aromatic heterocycles. The van der Waals surface area contributed by atoms with Crippen molar-refractivity contribution >= 4 is 39.3 Å². The molecule has 4 aromatic rings. The van der Waals surface area contributed by atoms with E-state index >= 15 is 0 Å². The van der Waals surface area contributed by atoms with Gasteiger partial charge < -0.3 is 14.5 Å². The molecule has 0 radical (unpaired) electrons. The zero-order valence-corrected chi connectivity index (χ0v) is 15.2. The Kier molecular flexibility index (Phi) is 3.37. The number of rotatable bonds is 1. The first-order valence-corrected chi connectivity index (χ1v) is 9.13. The van der Waals surface area contributed by atoms with E-state index < -0.39 is 0 Å². The standard InChI is InChI=1S/C21H18ClN3O/c1-24-18-9-5-3-7-14(18)19(22)20(24)21(26)25-11-10-17-15(12-25)13-6-2-4-8-16(13)23-17/h2-9,23H,10-12H2,1H3. The Morgan fingerprint density at radius 2 is 1.81 bits per heavy atom. The van der Waals surface area contributed by atoms with Gasteiger partial charge in [-0.1, -0.05) is 48.0 Å². The van der Waals surface area contributed by atoms with Gasteiger partial charge in [0.1, 0.15) is 5.69 Å². The number of nitrogens with one attached hydrogen (secondary N) is 1. The van der Waals surface area contributed by atoms with Gasteiger partial charge in [-0.05, 0) is 12.1 Å². The van der Waals surface area contributed by atoms with Crippen LogP contribution in [0.25, 0.3) is 21.8 Å². The molecule has 0 spiro atoms. The molecule has 0 saturated carbocycles. The van der Waals surface area contributed by atoms with Crippen LogP contribution in [0.15, 0.2) is 48.5 Å². The smallest absolute Gasteiger partial charge is 0.272 e. The molecule has 0 unspecified atom stereocenters. The van der Waals surface area contributed by atoms with E-state index in [4.69, 9.17) is 11.6 Å². The van der Waals surface area contributed by atoms with Crippen molar-refractivity contribution in [3.63, 3.8) is 0 Å². The summed E-state index contributed by atoms with van der Waals surface area (Å²) < 4.78 is 1.91. The molecular formula is C21H18ClN3O. The first-order chi connectivity index (χ1) is 12.6. The van der Waals surface area contributed by atoms with Crippen LogP contribution in [-0.2, 0) is 20.0 Å². The molecule has 4 nitrogen and oxygen atoms in total. The molecule has 1 aliphatic rings. The Morgan fingerprint density at radius 3 is 2.62 bits per heavy atom. The minimum Gasteiger partial charge on any atom is -0.358 e. The highest BCUT2D eigenvalue weighted by Crippen LogP contribution is 2.33. The number of fused-ring (bicyclic) bond motifs is 4. The number of H-pyrrole nitrogens is 1. The number of nitrogens with zero attached hydrogens (tertiary/aromatic N) is 2. The number of benzene rings is 2. The Bertz CT molecular complexity index is 1130. The van der Waals surface area contributed by atoms with E-state index in [1.165, 1.54) is 16.6 Å². The molecule has 0 aliphatic carbocycles. The minimum absolute atomic E-state index is 0.00960. The summed E-state index contributed by atoms with van der Waals surface area (Å²) in [7, 11) is 1.91. The van der Waals surface area contributed by atoms with Gasteiger partial charge in [0.05, 0.1) is 5.02 Å². The van der Waals surface area contributed by atoms with E-state index in [-0.39, 0.29) is 5.91 Å². The van der Waals surface area contributed by atoms with Crippen LogP contribution in [0.3, 0.4) is 0 Å². The molecule has 1 aliphatic heterocycles. The fourth-order valence-electron chi connectivity index (χ4n) is 4.07. The predicted molar refractivity (Wildman–Crippen MR) is 105 cm³/mol. The third kappa shape index (κ3) is 2.12. The summed E-state index contributed by atoms with van der Waals surface area (Å²) in [6.07, 6.45) is 0.831. The van der Waals surface area contributed by atoms with Crippen LogP contribution < -0.4 is 0 Å². The zero-order valence-electron chi connectivity index (χ0n) is 14.4. The van der Waals surface area contributed by atoms with E-state index in [0.717, 1.165) is 22.8 Å². The summed E-state index contributed by atoms with van der Waals surface area (Å²) in [5.41, 5.74) is 5.13. The topological polar surface area (TPSA) is 41.0 Å². The van der Waals surface area contributed by atoms with Gasteiger partial charge in [-0.2, -0.15) is 0 Å². The largest absolute Gasteiger partial charge is 0.358 e. The van der Waals surface area contributed by atoms with E-state index in [9.17, 15) is 4.79 Å². The van der Waals surface area contributed by atoms with Gasteiger partial charge in [-0.3, -0.25) is 4.79 Å². The van der Waals surface area contributed by atoms with Gasteiger partial charge in [0.15, 0.2) is 0 Å². The van der Waals surface area contributed by atoms with Crippen molar-refractivity contribution in [1.29, 1.82) is 0 Å². The lowest BCUT2D eigenvalue weighted by Gasteiger charge is -2.27. The van der Waals surface area contributed by atoms with Gasteiger partial charge in [-0.15, -0.1) is 0 Å². The summed E-state index contributed by atoms with van der Waals surface area (Å²) in [5, 5.41) is 2.66. The van der Waals surface area contributed by atoms with Crippen molar-refractivity contribution in [1.82, 2.24) is 14.5 Å². The summed E-state index contributed by atoms with van der Waals surface area (Å²) >= 11 is 6.58. The van der Waals surface area contributed by atoms with Crippen LogP contribution >= 0.6 is 11.6 Å². The zero-order chi connectivity index (χ0) is 17.8. The average Bonchev–Trinajstić information content (AvgIpc) is 3.17. The average molecular weight is 364 g/mol. The first kappa shape index (κ1) is 15.5. The molecule has 2 aromatic carbocycles. The molecule has 0 bridgehead atoms. The van der Waals surface area contributed by atoms with Crippen molar-refractivity contribution in [3.8, 4) is 0 Å². The van der Waals surface area contributed by atoms with E-state index in [1.54, 1.807) is 0 Å². The maximum atomic E-state index is 13.3. The lowest BCUT2D eigenvalue weighted by Crippen LogP contribution is -2.36. The van der Waals surface area contributed by atoms with Gasteiger partial charge in [-0.25, -0.2) is 0 Å².